The summed E-state index contributed by atoms with van der Waals surface area (Å²) >= 11 is 0. The van der Waals surface area contributed by atoms with Crippen LogP contribution in [0.1, 0.15) is 19.4 Å². The highest BCUT2D eigenvalue weighted by atomic mass is 19.2. The Morgan fingerprint density at radius 3 is 2.09 bits per heavy atom. The van der Waals surface area contributed by atoms with Crippen molar-refractivity contribution in [3.8, 4) is 0 Å². The van der Waals surface area contributed by atoms with E-state index in [2.05, 4.69) is 4.98 Å². The van der Waals surface area contributed by atoms with Crippen molar-refractivity contribution in [2.75, 3.05) is 0 Å². The molecule has 0 bridgehead atoms. The maximum absolute atomic E-state index is 12.3. The van der Waals surface area contributed by atoms with Crippen LogP contribution in [0.15, 0.2) is 12.4 Å². The summed E-state index contributed by atoms with van der Waals surface area (Å²) in [5.74, 6) is -1.71. The maximum Gasteiger partial charge on any atom is 0.177 e. The van der Waals surface area contributed by atoms with Gasteiger partial charge in [0.05, 0.1) is 6.20 Å². The van der Waals surface area contributed by atoms with Gasteiger partial charge in [-0.2, -0.15) is 0 Å². The molecule has 11 heavy (non-hydrogen) atoms. The summed E-state index contributed by atoms with van der Waals surface area (Å²) in [6.07, 6.45) is 2.13. The second-order valence-corrected chi connectivity index (χ2v) is 1.75. The van der Waals surface area contributed by atoms with Crippen molar-refractivity contribution >= 4 is 0 Å². The highest BCUT2D eigenvalue weighted by molar-refractivity contribution is 5.10. The van der Waals surface area contributed by atoms with Gasteiger partial charge in [0.2, 0.25) is 0 Å². The molecule has 3 heteroatoms. The van der Waals surface area contributed by atoms with Crippen molar-refractivity contribution in [2.45, 2.75) is 20.8 Å². The van der Waals surface area contributed by atoms with E-state index in [9.17, 15) is 8.78 Å². The molecule has 0 radical (unpaired) electrons. The van der Waals surface area contributed by atoms with Gasteiger partial charge in [-0.3, -0.25) is 4.98 Å². The van der Waals surface area contributed by atoms with E-state index < -0.39 is 11.6 Å². The Morgan fingerprint density at radius 2 is 1.73 bits per heavy atom. The summed E-state index contributed by atoms with van der Waals surface area (Å²) in [4.78, 5) is 3.43. The average Bonchev–Trinajstić information content (AvgIpc) is 2.04. The van der Waals surface area contributed by atoms with Crippen molar-refractivity contribution in [3.05, 3.63) is 29.6 Å². The third-order valence-electron chi connectivity index (χ3n) is 1.01. The molecule has 1 rings (SSSR count). The molecule has 62 valence electrons. The molecule has 0 aliphatic heterocycles. The normalized spacial score (nSPS) is 8.45. The molecule has 0 aromatic carbocycles. The van der Waals surface area contributed by atoms with Gasteiger partial charge in [0.1, 0.15) is 0 Å². The number of pyridine rings is 1. The molecule has 0 aliphatic carbocycles. The molecule has 0 saturated carbocycles. The van der Waals surface area contributed by atoms with Crippen LogP contribution in [0.5, 0.6) is 0 Å². The third-order valence-corrected chi connectivity index (χ3v) is 1.01. The first-order chi connectivity index (χ1) is 5.22. The zero-order valence-corrected chi connectivity index (χ0v) is 6.86. The molecule has 0 saturated heterocycles. The maximum atomic E-state index is 12.3. The van der Waals surface area contributed by atoms with E-state index in [1.165, 1.54) is 13.1 Å². The van der Waals surface area contributed by atoms with Gasteiger partial charge >= 0.3 is 0 Å². The Kier molecular flexibility index (Phi) is 4.34. The third kappa shape index (κ3) is 2.62. The molecule has 0 spiro atoms. The smallest absolute Gasteiger partial charge is 0.177 e. The fourth-order valence-electron chi connectivity index (χ4n) is 0.516. The van der Waals surface area contributed by atoms with Crippen molar-refractivity contribution < 1.29 is 8.78 Å². The Labute approximate surface area is 65.1 Å². The van der Waals surface area contributed by atoms with Crippen LogP contribution < -0.4 is 0 Å². The Hall–Kier alpha value is -0.990. The quantitative estimate of drug-likeness (QED) is 0.567. The number of aromatic nitrogens is 1. The van der Waals surface area contributed by atoms with E-state index in [4.69, 9.17) is 0 Å². The molecule has 0 atom stereocenters. The summed E-state index contributed by atoms with van der Waals surface area (Å²) in [5.41, 5.74) is 0.231. The lowest BCUT2D eigenvalue weighted by molar-refractivity contribution is 0.498. The van der Waals surface area contributed by atoms with Crippen LogP contribution in [0.25, 0.3) is 0 Å². The second-order valence-electron chi connectivity index (χ2n) is 1.75. The van der Waals surface area contributed by atoms with E-state index in [-0.39, 0.29) is 5.56 Å². The van der Waals surface area contributed by atoms with E-state index in [0.717, 1.165) is 6.20 Å². The fraction of sp³-hybridized carbons (Fsp3) is 0.375. The van der Waals surface area contributed by atoms with E-state index in [0.29, 0.717) is 0 Å². The predicted octanol–water partition coefficient (Wildman–Crippen LogP) is 2.69. The van der Waals surface area contributed by atoms with Gasteiger partial charge in [-0.05, 0) is 6.92 Å². The van der Waals surface area contributed by atoms with Gasteiger partial charge in [0.25, 0.3) is 0 Å². The molecule has 0 fully saturated rings. The highest BCUT2D eigenvalue weighted by Gasteiger charge is 2.01. The highest BCUT2D eigenvalue weighted by Crippen LogP contribution is 2.06. The van der Waals surface area contributed by atoms with Gasteiger partial charge in [0, 0.05) is 11.8 Å². The molecule has 1 aromatic rings. The molecule has 0 unspecified atom stereocenters. The van der Waals surface area contributed by atoms with Crippen LogP contribution in [-0.4, -0.2) is 4.98 Å². The van der Waals surface area contributed by atoms with E-state index in [1.54, 1.807) is 0 Å². The number of rotatable bonds is 0. The lowest BCUT2D eigenvalue weighted by atomic mass is 10.3. The standard InChI is InChI=1S/C6H5F2N.C2H6/c1-4-2-9-3-5(7)6(4)8;1-2/h2-3H,1H3;1-2H3. The van der Waals surface area contributed by atoms with Crippen molar-refractivity contribution in [3.63, 3.8) is 0 Å². The number of hydrogen-bond donors (Lipinski definition) is 0. The molecule has 1 heterocycles. The van der Waals surface area contributed by atoms with Crippen LogP contribution in [0.4, 0.5) is 8.78 Å². The van der Waals surface area contributed by atoms with Crippen LogP contribution in [-0.2, 0) is 0 Å². The van der Waals surface area contributed by atoms with Gasteiger partial charge in [-0.25, -0.2) is 8.78 Å². The van der Waals surface area contributed by atoms with Crippen LogP contribution in [0.3, 0.4) is 0 Å². The van der Waals surface area contributed by atoms with E-state index >= 15 is 0 Å². The molecule has 1 aromatic heterocycles. The van der Waals surface area contributed by atoms with Crippen molar-refractivity contribution in [1.29, 1.82) is 0 Å². The van der Waals surface area contributed by atoms with Crippen LogP contribution in [0, 0.1) is 18.6 Å². The molecule has 0 N–H and O–H groups in total. The topological polar surface area (TPSA) is 12.9 Å². The Balaban J connectivity index is 0.000000461. The lowest BCUT2D eigenvalue weighted by Gasteiger charge is -1.92. The fourth-order valence-corrected chi connectivity index (χ4v) is 0.516. The lowest BCUT2D eigenvalue weighted by Crippen LogP contribution is -1.88. The monoisotopic (exact) mass is 159 g/mol. The molecule has 0 amide bonds. The van der Waals surface area contributed by atoms with Crippen LogP contribution in [0.2, 0.25) is 0 Å². The summed E-state index contributed by atoms with van der Waals surface area (Å²) < 4.78 is 24.5. The van der Waals surface area contributed by atoms with Gasteiger partial charge in [-0.1, -0.05) is 13.8 Å². The minimum atomic E-state index is -0.894. The van der Waals surface area contributed by atoms with Gasteiger partial charge in [-0.15, -0.1) is 0 Å². The minimum absolute atomic E-state index is 0.231. The first-order valence-corrected chi connectivity index (χ1v) is 3.47. The SMILES string of the molecule is CC.Cc1cncc(F)c1F. The molecular weight excluding hydrogens is 148 g/mol. The molecule has 0 aliphatic rings. The first-order valence-electron chi connectivity index (χ1n) is 3.47. The summed E-state index contributed by atoms with van der Waals surface area (Å²) in [6, 6.07) is 0. The zero-order valence-electron chi connectivity index (χ0n) is 6.86. The van der Waals surface area contributed by atoms with E-state index in [1.807, 2.05) is 13.8 Å². The summed E-state index contributed by atoms with van der Waals surface area (Å²) in [6.45, 7) is 5.46. The number of halogens is 2. The Morgan fingerprint density at radius 1 is 1.18 bits per heavy atom. The van der Waals surface area contributed by atoms with Gasteiger partial charge < -0.3 is 0 Å². The number of aryl methyl sites for hydroxylation is 1. The number of nitrogens with zero attached hydrogens (tertiary/aromatic N) is 1. The first kappa shape index (κ1) is 10.0. The number of hydrogen-bond acceptors (Lipinski definition) is 1. The summed E-state index contributed by atoms with van der Waals surface area (Å²) in [5, 5.41) is 0. The second kappa shape index (κ2) is 4.77. The van der Waals surface area contributed by atoms with Gasteiger partial charge in [0.15, 0.2) is 11.6 Å². The molecule has 1 nitrogen and oxygen atoms in total. The Bertz CT molecular complexity index is 203. The van der Waals surface area contributed by atoms with Crippen molar-refractivity contribution in [1.82, 2.24) is 4.98 Å². The predicted molar refractivity (Wildman–Crippen MR) is 40.2 cm³/mol. The zero-order chi connectivity index (χ0) is 8.85. The van der Waals surface area contributed by atoms with Crippen LogP contribution >= 0.6 is 0 Å². The minimum Gasteiger partial charge on any atom is -0.261 e. The summed E-state index contributed by atoms with van der Waals surface area (Å²) in [7, 11) is 0. The van der Waals surface area contributed by atoms with Crippen molar-refractivity contribution in [2.24, 2.45) is 0 Å². The molecular formula is C8H11F2N. The largest absolute Gasteiger partial charge is 0.261 e. The average molecular weight is 159 g/mol.